The topological polar surface area (TPSA) is 157 Å². The molecule has 0 aliphatic carbocycles. The summed E-state index contributed by atoms with van der Waals surface area (Å²) in [6.07, 6.45) is 0. The van der Waals surface area contributed by atoms with Gasteiger partial charge in [-0.25, -0.2) is 0 Å². The van der Waals surface area contributed by atoms with Crippen LogP contribution in [0, 0.1) is 36.3 Å². The maximum atomic E-state index is 10.1. The van der Waals surface area contributed by atoms with Crippen LogP contribution in [0.5, 0.6) is 0 Å². The van der Waals surface area contributed by atoms with Gasteiger partial charge in [0.05, 0.1) is 0 Å². The first-order valence-corrected chi connectivity index (χ1v) is 3.70. The Morgan fingerprint density at radius 3 is 1.25 bits per heavy atom. The third kappa shape index (κ3) is 3.77. The van der Waals surface area contributed by atoms with Gasteiger partial charge in [0.1, 0.15) is 0 Å². The monoisotopic (exact) mass is 241 g/mol. The minimum atomic E-state index is -3.03. The molecule has 12 nitrogen and oxygen atoms in total. The highest BCUT2D eigenvalue weighted by molar-refractivity contribution is 4.56. The van der Waals surface area contributed by atoms with E-state index in [0.29, 0.717) is 0 Å². The van der Waals surface area contributed by atoms with Crippen molar-refractivity contribution < 1.29 is 29.8 Å². The van der Waals surface area contributed by atoms with E-state index in [2.05, 4.69) is 14.5 Å². The Morgan fingerprint density at radius 2 is 1.12 bits per heavy atom. The van der Waals surface area contributed by atoms with Crippen LogP contribution in [0.2, 0.25) is 0 Å². The minimum Gasteiger partial charge on any atom is -0.250 e. The quantitative estimate of drug-likeness (QED) is 0.337. The van der Waals surface area contributed by atoms with Gasteiger partial charge in [0.2, 0.25) is 0 Å². The summed E-state index contributed by atoms with van der Waals surface area (Å²) in [5.74, 6) is -4.22. The second-order valence-corrected chi connectivity index (χ2v) is 2.70. The largest absolute Gasteiger partial charge is 0.409 e. The molecule has 0 aromatic carbocycles. The summed E-state index contributed by atoms with van der Waals surface area (Å²) in [4.78, 5) is 41.3. The van der Waals surface area contributed by atoms with Gasteiger partial charge in [-0.05, 0) is 0 Å². The molecule has 0 rings (SSSR count). The Bertz CT molecular complexity index is 260. The van der Waals surface area contributed by atoms with Gasteiger partial charge in [0.15, 0.2) is 0 Å². The van der Waals surface area contributed by atoms with E-state index in [1.807, 2.05) is 0 Å². The third-order valence-electron chi connectivity index (χ3n) is 1.31. The van der Waals surface area contributed by atoms with Crippen LogP contribution in [0.15, 0.2) is 0 Å². The smallest absolute Gasteiger partial charge is 0.250 e. The van der Waals surface area contributed by atoms with Gasteiger partial charge in [0, 0.05) is 5.92 Å². The van der Waals surface area contributed by atoms with Crippen molar-refractivity contribution in [1.82, 2.24) is 0 Å². The predicted octanol–water partition coefficient (Wildman–Crippen LogP) is -0.0789. The molecule has 0 spiro atoms. The van der Waals surface area contributed by atoms with Gasteiger partial charge in [-0.3, -0.25) is 14.5 Å². The molecule has 0 heterocycles. The van der Waals surface area contributed by atoms with Crippen LogP contribution in [0.3, 0.4) is 0 Å². The number of nitrogens with zero attached hydrogens (tertiary/aromatic N) is 3. The van der Waals surface area contributed by atoms with Crippen molar-refractivity contribution in [3.05, 3.63) is 30.3 Å². The Hall–Kier alpha value is -2.40. The lowest BCUT2D eigenvalue weighted by Crippen LogP contribution is -2.48. The van der Waals surface area contributed by atoms with Crippen molar-refractivity contribution in [2.45, 2.75) is 19.8 Å². The van der Waals surface area contributed by atoms with Crippen molar-refractivity contribution in [2.24, 2.45) is 5.92 Å². The molecule has 12 heteroatoms. The fraction of sp³-hybridized carbons (Fsp3) is 1.00. The van der Waals surface area contributed by atoms with Crippen LogP contribution in [0.25, 0.3) is 0 Å². The maximum Gasteiger partial charge on any atom is 0.409 e. The summed E-state index contributed by atoms with van der Waals surface area (Å²) in [6, 6.07) is 0. The molecule has 0 saturated heterocycles. The van der Waals surface area contributed by atoms with E-state index in [9.17, 15) is 30.3 Å². The Labute approximate surface area is 87.0 Å². The van der Waals surface area contributed by atoms with E-state index in [1.54, 1.807) is 0 Å². The first-order chi connectivity index (χ1) is 7.19. The van der Waals surface area contributed by atoms with E-state index < -0.39 is 27.2 Å². The molecule has 0 N–H and O–H groups in total. The molecule has 16 heavy (non-hydrogen) atoms. The van der Waals surface area contributed by atoms with E-state index in [1.165, 1.54) is 0 Å². The summed E-state index contributed by atoms with van der Waals surface area (Å²) in [7, 11) is 0. The zero-order valence-electron chi connectivity index (χ0n) is 8.09. The summed E-state index contributed by atoms with van der Waals surface area (Å²) >= 11 is 0. The lowest BCUT2D eigenvalue weighted by atomic mass is 10.2. The van der Waals surface area contributed by atoms with Crippen LogP contribution in [0.4, 0.5) is 0 Å². The predicted molar refractivity (Wildman–Crippen MR) is 41.8 cm³/mol. The molecule has 0 aliphatic rings. The fourth-order valence-corrected chi connectivity index (χ4v) is 0.678. The van der Waals surface area contributed by atoms with Crippen molar-refractivity contribution >= 4 is 0 Å². The summed E-state index contributed by atoms with van der Waals surface area (Å²) in [6.45, 7) is 2.27. The second kappa shape index (κ2) is 4.90. The van der Waals surface area contributed by atoms with Crippen LogP contribution in [0.1, 0.15) is 13.8 Å². The first kappa shape index (κ1) is 13.6. The van der Waals surface area contributed by atoms with Gasteiger partial charge >= 0.3 is 5.97 Å². The second-order valence-electron chi connectivity index (χ2n) is 2.70. The molecule has 0 unspecified atom stereocenters. The number of rotatable bonds is 7. The van der Waals surface area contributed by atoms with Crippen LogP contribution in [-0.4, -0.2) is 21.2 Å². The lowest BCUT2D eigenvalue weighted by Gasteiger charge is -2.28. The molecule has 92 valence electrons. The third-order valence-corrected chi connectivity index (χ3v) is 1.31. The first-order valence-electron chi connectivity index (χ1n) is 3.70. The highest BCUT2D eigenvalue weighted by Gasteiger charge is 2.47. The van der Waals surface area contributed by atoms with Crippen molar-refractivity contribution in [3.8, 4) is 0 Å². The molecule has 0 saturated carbocycles. The summed E-state index contributed by atoms with van der Waals surface area (Å²) in [5.41, 5.74) is 0. The van der Waals surface area contributed by atoms with Gasteiger partial charge in [-0.2, -0.15) is 0 Å². The highest BCUT2D eigenvalue weighted by atomic mass is 17.2. The number of hydrogen-bond donors (Lipinski definition) is 0. The Balaban J connectivity index is 5.10. The molecule has 0 atom stereocenters. The average molecular weight is 241 g/mol. The van der Waals surface area contributed by atoms with Crippen molar-refractivity contribution in [2.75, 3.05) is 0 Å². The fourth-order valence-electron chi connectivity index (χ4n) is 0.678. The Morgan fingerprint density at radius 1 is 0.875 bits per heavy atom. The zero-order valence-corrected chi connectivity index (χ0v) is 8.09. The van der Waals surface area contributed by atoms with Crippen molar-refractivity contribution in [3.63, 3.8) is 0 Å². The Kier molecular flexibility index (Phi) is 4.17. The molecular weight excluding hydrogens is 234 g/mol. The van der Waals surface area contributed by atoms with E-state index in [0.717, 1.165) is 13.8 Å². The van der Waals surface area contributed by atoms with E-state index >= 15 is 0 Å². The molecule has 0 radical (unpaired) electrons. The summed E-state index contributed by atoms with van der Waals surface area (Å²) in [5, 5.41) is 25.7. The highest BCUT2D eigenvalue weighted by Crippen LogP contribution is 2.25. The SMILES string of the molecule is CC(C)C(O[N+](=O)[O-])(O[N+](=O)[O-])O[N+](=O)[O-]. The van der Waals surface area contributed by atoms with E-state index in [-0.39, 0.29) is 0 Å². The summed E-state index contributed by atoms with van der Waals surface area (Å²) < 4.78 is 0. The van der Waals surface area contributed by atoms with E-state index in [4.69, 9.17) is 0 Å². The molecule has 0 amide bonds. The molecule has 0 bridgehead atoms. The van der Waals surface area contributed by atoms with Crippen LogP contribution in [-0.2, 0) is 14.5 Å². The van der Waals surface area contributed by atoms with Crippen LogP contribution >= 0.6 is 0 Å². The van der Waals surface area contributed by atoms with Gasteiger partial charge < -0.3 is 0 Å². The molecule has 0 aromatic heterocycles. The molecule has 0 aliphatic heterocycles. The molecule has 0 fully saturated rings. The maximum absolute atomic E-state index is 10.1. The normalized spacial score (nSPS) is 10.7. The number of hydrogen-bond acceptors (Lipinski definition) is 9. The average Bonchev–Trinajstić information content (AvgIpc) is 1.98. The van der Waals surface area contributed by atoms with Crippen molar-refractivity contribution in [1.29, 1.82) is 0 Å². The minimum absolute atomic E-state index is 1.14. The standard InChI is InChI=1S/C4H7N3O9/c1-3(2)4(14-5(8)9,15-6(10)11)16-7(12)13/h3H,1-2H3. The zero-order chi connectivity index (χ0) is 12.9. The van der Waals surface area contributed by atoms with Gasteiger partial charge in [-0.1, -0.05) is 13.8 Å². The lowest BCUT2D eigenvalue weighted by molar-refractivity contribution is -0.959. The van der Waals surface area contributed by atoms with Gasteiger partial charge in [-0.15, -0.1) is 30.3 Å². The van der Waals surface area contributed by atoms with Crippen LogP contribution < -0.4 is 0 Å². The molecular formula is C4H7N3O9. The molecule has 0 aromatic rings. The van der Waals surface area contributed by atoms with Gasteiger partial charge in [0.25, 0.3) is 15.3 Å².